The quantitative estimate of drug-likeness (QED) is 0.189. The predicted molar refractivity (Wildman–Crippen MR) is 107 cm³/mol. The maximum absolute atomic E-state index is 10.9. The Balaban J connectivity index is 4.37. The van der Waals surface area contributed by atoms with E-state index in [0.717, 1.165) is 18.5 Å². The molecule has 0 atom stereocenters. The van der Waals surface area contributed by atoms with E-state index in [4.69, 9.17) is 21.8 Å². The summed E-state index contributed by atoms with van der Waals surface area (Å²) in [7, 11) is -6.32. The fraction of sp³-hybridized carbons (Fsp3) is 0.786. The Morgan fingerprint density at radius 2 is 1.42 bits per heavy atom. The predicted octanol–water partition coefficient (Wildman–Crippen LogP) is 2.06. The highest BCUT2D eigenvalue weighted by Crippen LogP contribution is 2.21. The average molecular weight is 411 g/mol. The lowest BCUT2D eigenvalue weighted by molar-refractivity contribution is -0.139. The van der Waals surface area contributed by atoms with E-state index in [1.54, 1.807) is 0 Å². The summed E-state index contributed by atoms with van der Waals surface area (Å²) in [5.41, 5.74) is 0. The van der Waals surface area contributed by atoms with E-state index in [2.05, 4.69) is 45.9 Å². The molecule has 0 heterocycles. The number of rotatable bonds is 14. The molecule has 0 aromatic rings. The second-order valence-electron chi connectivity index (χ2n) is 6.27. The van der Waals surface area contributed by atoms with Crippen molar-refractivity contribution >= 4 is 41.9 Å². The minimum Gasteiger partial charge on any atom is -0.460 e. The molecule has 0 rings (SSSR count). The first kappa shape index (κ1) is 23.9. The van der Waals surface area contributed by atoms with Gasteiger partial charge < -0.3 is 21.8 Å². The first-order valence-electron chi connectivity index (χ1n) is 8.61. The van der Waals surface area contributed by atoms with Crippen molar-refractivity contribution in [1.82, 2.24) is 0 Å². The lowest BCUT2D eigenvalue weighted by Crippen LogP contribution is -2.53. The van der Waals surface area contributed by atoms with Gasteiger partial charge in [0.1, 0.15) is 6.61 Å². The molecule has 24 heavy (non-hydrogen) atoms. The van der Waals surface area contributed by atoms with Gasteiger partial charge in [0.2, 0.25) is 0 Å². The molecule has 0 aromatic carbocycles. The first-order valence-corrected chi connectivity index (χ1v) is 18.9. The lowest BCUT2D eigenvalue weighted by Gasteiger charge is -2.35. The van der Waals surface area contributed by atoms with Crippen molar-refractivity contribution in [3.63, 3.8) is 0 Å². The van der Waals surface area contributed by atoms with Crippen LogP contribution in [0.25, 0.3) is 0 Å². The molecule has 6 nitrogen and oxygen atoms in total. The van der Waals surface area contributed by atoms with Crippen molar-refractivity contribution in [2.24, 2.45) is 0 Å². The van der Waals surface area contributed by atoms with Crippen LogP contribution in [0.2, 0.25) is 45.3 Å². The van der Waals surface area contributed by atoms with Gasteiger partial charge in [-0.05, 0) is 45.7 Å². The van der Waals surface area contributed by atoms with Crippen LogP contribution in [0, 0.1) is 0 Å². The Hall–Kier alpha value is -0.0825. The molecule has 0 aliphatic rings. The van der Waals surface area contributed by atoms with E-state index < -0.39 is 41.9 Å². The van der Waals surface area contributed by atoms with Gasteiger partial charge in [0.25, 0.3) is 0 Å². The second kappa shape index (κ2) is 13.2. The topological polar surface area (TPSA) is 63.2 Å². The molecule has 0 N–H and O–H groups in total. The van der Waals surface area contributed by atoms with Crippen LogP contribution in [-0.2, 0) is 26.6 Å². The van der Waals surface area contributed by atoms with Gasteiger partial charge in [0, 0.05) is 18.7 Å². The summed E-state index contributed by atoms with van der Waals surface area (Å²) < 4.78 is 29.3. The summed E-state index contributed by atoms with van der Waals surface area (Å²) in [4.78, 5) is 10.9. The van der Waals surface area contributed by atoms with E-state index in [-0.39, 0.29) is 6.61 Å². The van der Waals surface area contributed by atoms with Gasteiger partial charge in [-0.15, -0.1) is 0 Å². The van der Waals surface area contributed by atoms with Crippen LogP contribution in [0.15, 0.2) is 12.7 Å². The fourth-order valence-electron chi connectivity index (χ4n) is 2.09. The summed E-state index contributed by atoms with van der Waals surface area (Å²) in [5.74, 6) is -0.425. The zero-order valence-corrected chi connectivity index (χ0v) is 20.5. The number of hydrogen-bond acceptors (Lipinski definition) is 6. The molecule has 0 saturated heterocycles. The van der Waals surface area contributed by atoms with Gasteiger partial charge >= 0.3 is 14.8 Å². The van der Waals surface area contributed by atoms with Gasteiger partial charge in [0.15, 0.2) is 27.1 Å². The summed E-state index contributed by atoms with van der Waals surface area (Å²) >= 11 is 0. The minimum absolute atomic E-state index is 0.244. The molecular weight excluding hydrogens is 376 g/mol. The number of esters is 1. The van der Waals surface area contributed by atoms with Gasteiger partial charge in [0.05, 0.1) is 6.61 Å². The van der Waals surface area contributed by atoms with Crippen LogP contribution in [0.4, 0.5) is 0 Å². The number of carbonyl (C=O) groups is 1. The molecule has 0 amide bonds. The van der Waals surface area contributed by atoms with Crippen LogP contribution >= 0.6 is 0 Å². The maximum Gasteiger partial charge on any atom is 0.469 e. The van der Waals surface area contributed by atoms with E-state index in [9.17, 15) is 4.79 Å². The van der Waals surface area contributed by atoms with Crippen molar-refractivity contribution in [3.8, 4) is 0 Å². The first-order chi connectivity index (χ1) is 11.2. The van der Waals surface area contributed by atoms with Crippen LogP contribution in [-0.4, -0.2) is 61.7 Å². The molecule has 0 aliphatic carbocycles. The van der Waals surface area contributed by atoms with Gasteiger partial charge in [-0.1, -0.05) is 6.58 Å². The third-order valence-electron chi connectivity index (χ3n) is 2.66. The fourth-order valence-corrected chi connectivity index (χ4v) is 14.9. The zero-order chi connectivity index (χ0) is 18.6. The van der Waals surface area contributed by atoms with Crippen LogP contribution in [0.5, 0.6) is 0 Å². The Bertz CT molecular complexity index is 339. The maximum atomic E-state index is 10.9. The Labute approximate surface area is 153 Å². The zero-order valence-electron chi connectivity index (χ0n) is 16.0. The Morgan fingerprint density at radius 3 is 1.83 bits per heavy atom. The summed E-state index contributed by atoms with van der Waals surface area (Å²) in [6, 6.07) is 0.793. The molecule has 0 fully saturated rings. The average Bonchev–Trinajstić information content (AvgIpc) is 2.43. The van der Waals surface area contributed by atoms with E-state index in [1.165, 1.54) is 0 Å². The van der Waals surface area contributed by atoms with Crippen LogP contribution < -0.4 is 0 Å². The van der Waals surface area contributed by atoms with E-state index in [1.807, 2.05) is 0 Å². The lowest BCUT2D eigenvalue weighted by atomic mass is 10.5. The number of ether oxygens (including phenoxy) is 2. The highest BCUT2D eigenvalue weighted by molar-refractivity contribution is 6.79. The van der Waals surface area contributed by atoms with Gasteiger partial charge in [-0.25, -0.2) is 4.79 Å². The third-order valence-corrected chi connectivity index (χ3v) is 13.6. The molecule has 0 radical (unpaired) electrons. The SMILES string of the molecule is C=CC(=O)OCCOCCC[Si](O[SiH](C)C)(O[SiH](C)C)O[SiH](C)C. The second-order valence-corrected chi connectivity index (χ2v) is 17.3. The van der Waals surface area contributed by atoms with E-state index in [0.29, 0.717) is 13.2 Å². The largest absolute Gasteiger partial charge is 0.469 e. The van der Waals surface area contributed by atoms with Crippen molar-refractivity contribution < 1.29 is 26.6 Å². The summed E-state index contributed by atoms with van der Waals surface area (Å²) in [6.07, 6.45) is 1.97. The van der Waals surface area contributed by atoms with Gasteiger partial charge in [-0.3, -0.25) is 0 Å². The van der Waals surface area contributed by atoms with Crippen LogP contribution in [0.3, 0.4) is 0 Å². The van der Waals surface area contributed by atoms with Crippen molar-refractivity contribution in [1.29, 1.82) is 0 Å². The number of hydrogen-bond donors (Lipinski definition) is 0. The van der Waals surface area contributed by atoms with Crippen LogP contribution in [0.1, 0.15) is 6.42 Å². The smallest absolute Gasteiger partial charge is 0.460 e. The number of carbonyl (C=O) groups excluding carboxylic acids is 1. The molecule has 0 saturated carbocycles. The summed E-state index contributed by atoms with van der Waals surface area (Å²) in [6.45, 7) is 17.5. The Kier molecular flexibility index (Phi) is 13.1. The molecule has 0 unspecified atom stereocenters. The molecule has 0 aromatic heterocycles. The molecule has 10 heteroatoms. The van der Waals surface area contributed by atoms with Crippen molar-refractivity contribution in [3.05, 3.63) is 12.7 Å². The monoisotopic (exact) mass is 410 g/mol. The van der Waals surface area contributed by atoms with Crippen molar-refractivity contribution in [2.75, 3.05) is 19.8 Å². The highest BCUT2D eigenvalue weighted by atomic mass is 28.5. The Morgan fingerprint density at radius 1 is 0.917 bits per heavy atom. The van der Waals surface area contributed by atoms with E-state index >= 15 is 0 Å². The summed E-state index contributed by atoms with van der Waals surface area (Å²) in [5, 5.41) is 0. The third kappa shape index (κ3) is 12.3. The molecular formula is C14H34O6Si4. The standard InChI is InChI=1S/C14H34O6Si4/c1-8-14(15)17-12-11-16-10-9-13-24(18-21(2)3,19-22(4)5)20-23(6)7/h8,21-23H,1,9-13H2,2-7H3. The molecule has 142 valence electrons. The molecule has 0 aliphatic heterocycles. The normalized spacial score (nSPS) is 12.2. The van der Waals surface area contributed by atoms with Gasteiger partial charge in [-0.2, -0.15) is 0 Å². The molecule has 0 bridgehead atoms. The molecule has 0 spiro atoms. The van der Waals surface area contributed by atoms with Crippen molar-refractivity contribution in [2.45, 2.75) is 51.7 Å². The highest BCUT2D eigenvalue weighted by Gasteiger charge is 2.42. The minimum atomic E-state index is -2.57.